The summed E-state index contributed by atoms with van der Waals surface area (Å²) in [4.78, 5) is 0.113. The Hall–Kier alpha value is -2.05. The van der Waals surface area contributed by atoms with Gasteiger partial charge in [-0.1, -0.05) is 38.1 Å². The van der Waals surface area contributed by atoms with E-state index in [1.165, 1.54) is 6.07 Å². The molecule has 0 spiro atoms. The van der Waals surface area contributed by atoms with Gasteiger partial charge in [0.2, 0.25) is 0 Å². The quantitative estimate of drug-likeness (QED) is 0.586. The van der Waals surface area contributed by atoms with Gasteiger partial charge in [-0.25, -0.2) is 8.42 Å². The number of anilines is 2. The molecule has 0 fully saturated rings. The van der Waals surface area contributed by atoms with Crippen LogP contribution in [0.4, 0.5) is 11.4 Å². The molecule has 21 heavy (non-hydrogen) atoms. The van der Waals surface area contributed by atoms with E-state index >= 15 is 0 Å². The summed E-state index contributed by atoms with van der Waals surface area (Å²) in [5.74, 6) is 5.69. The molecule has 2 aromatic carbocycles. The van der Waals surface area contributed by atoms with Crippen molar-refractivity contribution in [2.24, 2.45) is 5.84 Å². The molecule has 2 aromatic rings. The van der Waals surface area contributed by atoms with Crippen LogP contribution in [0, 0.1) is 0 Å². The molecule has 0 atom stereocenters. The van der Waals surface area contributed by atoms with Gasteiger partial charge in [-0.3, -0.25) is 10.6 Å². The molecule has 112 valence electrons. The fourth-order valence-electron chi connectivity index (χ4n) is 1.99. The van der Waals surface area contributed by atoms with Gasteiger partial charge < -0.3 is 5.43 Å². The molecule has 0 bridgehead atoms. The molecular weight excluding hydrogens is 286 g/mol. The van der Waals surface area contributed by atoms with Gasteiger partial charge in [0, 0.05) is 5.69 Å². The lowest BCUT2D eigenvalue weighted by atomic mass is 10.0. The van der Waals surface area contributed by atoms with E-state index < -0.39 is 10.0 Å². The maximum absolute atomic E-state index is 12.5. The zero-order chi connectivity index (χ0) is 15.5. The molecule has 0 aliphatic rings. The van der Waals surface area contributed by atoms with Gasteiger partial charge in [-0.05, 0) is 35.7 Å². The third-order valence-electron chi connectivity index (χ3n) is 3.14. The highest BCUT2D eigenvalue weighted by molar-refractivity contribution is 7.92. The maximum Gasteiger partial charge on any atom is 0.264 e. The van der Waals surface area contributed by atoms with Crippen molar-refractivity contribution >= 4 is 21.4 Å². The van der Waals surface area contributed by atoms with E-state index in [2.05, 4.69) is 24.0 Å². The van der Waals surface area contributed by atoms with E-state index in [9.17, 15) is 8.42 Å². The average Bonchev–Trinajstić information content (AvgIpc) is 2.47. The molecule has 0 saturated heterocycles. The van der Waals surface area contributed by atoms with Crippen LogP contribution in [0.1, 0.15) is 25.3 Å². The molecule has 0 aliphatic carbocycles. The Kier molecular flexibility index (Phi) is 4.50. The van der Waals surface area contributed by atoms with Gasteiger partial charge >= 0.3 is 0 Å². The van der Waals surface area contributed by atoms with E-state index in [0.29, 0.717) is 17.3 Å². The summed E-state index contributed by atoms with van der Waals surface area (Å²) in [5, 5.41) is 0. The zero-order valence-electron chi connectivity index (χ0n) is 12.0. The highest BCUT2D eigenvalue weighted by Crippen LogP contribution is 2.24. The summed E-state index contributed by atoms with van der Waals surface area (Å²) in [7, 11) is -3.69. The van der Waals surface area contributed by atoms with E-state index in [1.807, 2.05) is 18.2 Å². The van der Waals surface area contributed by atoms with Crippen molar-refractivity contribution in [2.45, 2.75) is 24.7 Å². The molecule has 2 rings (SSSR count). The second-order valence-corrected chi connectivity index (χ2v) is 6.68. The molecule has 4 N–H and O–H groups in total. The molecule has 6 heteroatoms. The molecule has 0 amide bonds. The van der Waals surface area contributed by atoms with Crippen LogP contribution in [0.25, 0.3) is 0 Å². The molecule has 0 aliphatic heterocycles. The minimum atomic E-state index is -3.69. The van der Waals surface area contributed by atoms with Crippen LogP contribution in [0.2, 0.25) is 0 Å². The van der Waals surface area contributed by atoms with Crippen molar-refractivity contribution in [1.29, 1.82) is 0 Å². The molecule has 0 radical (unpaired) electrons. The van der Waals surface area contributed by atoms with Gasteiger partial charge in [0.15, 0.2) is 0 Å². The number of hydrogen-bond acceptors (Lipinski definition) is 4. The minimum Gasteiger partial charge on any atom is -0.323 e. The first-order valence-corrected chi connectivity index (χ1v) is 8.11. The summed E-state index contributed by atoms with van der Waals surface area (Å²) >= 11 is 0. The molecule has 0 unspecified atom stereocenters. The third kappa shape index (κ3) is 3.53. The summed E-state index contributed by atoms with van der Waals surface area (Å²) in [6, 6.07) is 13.8. The molecule has 0 aromatic heterocycles. The Morgan fingerprint density at radius 1 is 1.05 bits per heavy atom. The summed E-state index contributed by atoms with van der Waals surface area (Å²) in [6.07, 6.45) is 0. The van der Waals surface area contributed by atoms with E-state index in [4.69, 9.17) is 5.84 Å². The van der Waals surface area contributed by atoms with Crippen molar-refractivity contribution in [2.75, 3.05) is 10.1 Å². The molecule has 0 saturated carbocycles. The van der Waals surface area contributed by atoms with E-state index in [-0.39, 0.29) is 4.90 Å². The fraction of sp³-hybridized carbons (Fsp3) is 0.200. The second kappa shape index (κ2) is 6.15. The smallest absolute Gasteiger partial charge is 0.264 e. The number of benzene rings is 2. The fourth-order valence-corrected chi connectivity index (χ4v) is 3.21. The van der Waals surface area contributed by atoms with Gasteiger partial charge in [-0.2, -0.15) is 0 Å². The van der Waals surface area contributed by atoms with Gasteiger partial charge in [0.05, 0.1) is 5.69 Å². The Morgan fingerprint density at radius 2 is 1.76 bits per heavy atom. The number of para-hydroxylation sites is 1. The van der Waals surface area contributed by atoms with Crippen LogP contribution in [0.5, 0.6) is 0 Å². The van der Waals surface area contributed by atoms with Crippen LogP contribution in [0.15, 0.2) is 53.4 Å². The van der Waals surface area contributed by atoms with Gasteiger partial charge in [0.25, 0.3) is 10.0 Å². The normalized spacial score (nSPS) is 11.4. The van der Waals surface area contributed by atoms with Crippen LogP contribution >= 0.6 is 0 Å². The van der Waals surface area contributed by atoms with Crippen molar-refractivity contribution in [3.05, 3.63) is 54.1 Å². The highest BCUT2D eigenvalue weighted by Gasteiger charge is 2.18. The molecular formula is C15H19N3O2S. The van der Waals surface area contributed by atoms with E-state index in [1.54, 1.807) is 24.3 Å². The lowest BCUT2D eigenvalue weighted by Crippen LogP contribution is -2.17. The van der Waals surface area contributed by atoms with E-state index in [0.717, 1.165) is 5.56 Å². The summed E-state index contributed by atoms with van der Waals surface area (Å²) in [5.41, 5.74) is 4.35. The summed E-state index contributed by atoms with van der Waals surface area (Å²) in [6.45, 7) is 4.11. The summed E-state index contributed by atoms with van der Waals surface area (Å²) < 4.78 is 27.5. The average molecular weight is 305 g/mol. The van der Waals surface area contributed by atoms with Crippen molar-refractivity contribution in [3.63, 3.8) is 0 Å². The number of rotatable bonds is 5. The lowest BCUT2D eigenvalue weighted by molar-refractivity contribution is 0.601. The highest BCUT2D eigenvalue weighted by atomic mass is 32.2. The van der Waals surface area contributed by atoms with Gasteiger partial charge in [0.1, 0.15) is 4.90 Å². The number of hydrazine groups is 1. The van der Waals surface area contributed by atoms with Crippen LogP contribution < -0.4 is 16.0 Å². The Balaban J connectivity index is 2.35. The number of sulfonamides is 1. The predicted molar refractivity (Wildman–Crippen MR) is 85.6 cm³/mol. The second-order valence-electron chi connectivity index (χ2n) is 5.03. The van der Waals surface area contributed by atoms with Crippen LogP contribution in [-0.4, -0.2) is 8.42 Å². The molecule has 5 nitrogen and oxygen atoms in total. The largest absolute Gasteiger partial charge is 0.323 e. The van der Waals surface area contributed by atoms with Crippen molar-refractivity contribution in [1.82, 2.24) is 0 Å². The SMILES string of the molecule is CC(C)c1cccc(NS(=O)(=O)c2ccccc2NN)c1. The first-order valence-electron chi connectivity index (χ1n) is 6.62. The topological polar surface area (TPSA) is 84.2 Å². The standard InChI is InChI=1S/C15H19N3O2S/c1-11(2)12-6-5-7-13(10-12)18-21(19,20)15-9-4-3-8-14(15)17-16/h3-11,17-18H,16H2,1-2H3. The third-order valence-corrected chi connectivity index (χ3v) is 4.58. The predicted octanol–water partition coefficient (Wildman–Crippen LogP) is 2.90. The van der Waals surface area contributed by atoms with Gasteiger partial charge in [-0.15, -0.1) is 0 Å². The molecule has 0 heterocycles. The number of hydrogen-bond donors (Lipinski definition) is 3. The number of nitrogen functional groups attached to an aromatic ring is 1. The first kappa shape index (κ1) is 15.3. The number of nitrogens with two attached hydrogens (primary N) is 1. The maximum atomic E-state index is 12.5. The monoisotopic (exact) mass is 305 g/mol. The van der Waals surface area contributed by atoms with Crippen LogP contribution in [0.3, 0.4) is 0 Å². The van der Waals surface area contributed by atoms with Crippen molar-refractivity contribution in [3.8, 4) is 0 Å². The lowest BCUT2D eigenvalue weighted by Gasteiger charge is -2.13. The van der Waals surface area contributed by atoms with Crippen LogP contribution in [-0.2, 0) is 10.0 Å². The Labute approximate surface area is 125 Å². The first-order chi connectivity index (χ1) is 9.94. The zero-order valence-corrected chi connectivity index (χ0v) is 12.8. The Bertz CT molecular complexity index is 727. The van der Waals surface area contributed by atoms with Crippen molar-refractivity contribution < 1.29 is 8.42 Å². The minimum absolute atomic E-state index is 0.113. The number of nitrogens with one attached hydrogen (secondary N) is 2. The Morgan fingerprint density at radius 3 is 2.43 bits per heavy atom.